The number of carbonyl (C=O) groups excluding carboxylic acids is 1. The van der Waals surface area contributed by atoms with E-state index >= 15 is 0 Å². The van der Waals surface area contributed by atoms with Gasteiger partial charge >= 0.3 is 0 Å². The van der Waals surface area contributed by atoms with Crippen LogP contribution in [0.3, 0.4) is 0 Å². The highest BCUT2D eigenvalue weighted by Crippen LogP contribution is 2.29. The largest absolute Gasteiger partial charge is 0.497 e. The van der Waals surface area contributed by atoms with Gasteiger partial charge in [-0.1, -0.05) is 12.1 Å². The van der Waals surface area contributed by atoms with Crippen LogP contribution < -0.4 is 31.4 Å². The molecule has 0 aliphatic heterocycles. The van der Waals surface area contributed by atoms with Crippen molar-refractivity contribution in [3.8, 4) is 28.7 Å². The summed E-state index contributed by atoms with van der Waals surface area (Å²) in [5.74, 6) is 0.991. The zero-order valence-electron chi connectivity index (χ0n) is 24.2. The lowest BCUT2D eigenvalue weighted by Gasteiger charge is -2.15. The van der Waals surface area contributed by atoms with Crippen molar-refractivity contribution in [1.82, 2.24) is 14.5 Å². The lowest BCUT2D eigenvalue weighted by atomic mass is 10.0. The number of fused-ring (bicyclic) bond motifs is 1. The van der Waals surface area contributed by atoms with Gasteiger partial charge in [-0.15, -0.1) is 0 Å². The van der Waals surface area contributed by atoms with Crippen LogP contribution in [0.1, 0.15) is 19.4 Å². The van der Waals surface area contributed by atoms with Gasteiger partial charge in [-0.2, -0.15) is 10.2 Å². The number of pyridine rings is 1. The predicted molar refractivity (Wildman–Crippen MR) is 163 cm³/mol. The number of hydrogen-bond donors (Lipinski definition) is 3. The number of aryl methyl sites for hydroxylation is 2. The molecule has 11 heteroatoms. The van der Waals surface area contributed by atoms with Gasteiger partial charge in [0.2, 0.25) is 5.95 Å². The fourth-order valence-electron chi connectivity index (χ4n) is 4.37. The third kappa shape index (κ3) is 6.92. The summed E-state index contributed by atoms with van der Waals surface area (Å²) in [6.07, 6.45) is 3.62. The summed E-state index contributed by atoms with van der Waals surface area (Å²) < 4.78 is 12.5. The monoisotopic (exact) mass is 567 g/mol. The Balaban J connectivity index is 1.65. The maximum absolute atomic E-state index is 13.9. The Bertz CT molecular complexity index is 1720. The Morgan fingerprint density at radius 1 is 1.12 bits per heavy atom. The van der Waals surface area contributed by atoms with Crippen molar-refractivity contribution in [3.05, 3.63) is 82.3 Å². The highest BCUT2D eigenvalue weighted by atomic mass is 16.5. The summed E-state index contributed by atoms with van der Waals surface area (Å²) in [6.45, 7) is 3.74. The number of rotatable bonds is 10. The number of anilines is 2. The van der Waals surface area contributed by atoms with Crippen LogP contribution in [-0.2, 0) is 17.8 Å². The third-order valence-electron chi connectivity index (χ3n) is 6.43. The first-order valence-electron chi connectivity index (χ1n) is 13.2. The minimum Gasteiger partial charge on any atom is -0.497 e. The van der Waals surface area contributed by atoms with Crippen LogP contribution in [-0.4, -0.2) is 47.2 Å². The first-order chi connectivity index (χ1) is 20.0. The molecule has 0 aliphatic rings. The molecule has 2 aromatic carbocycles. The molecule has 0 saturated heterocycles. The van der Waals surface area contributed by atoms with E-state index in [1.165, 1.54) is 6.08 Å². The molecule has 0 spiro atoms. The number of benzene rings is 2. The van der Waals surface area contributed by atoms with E-state index in [4.69, 9.17) is 15.2 Å². The van der Waals surface area contributed by atoms with E-state index in [1.54, 1.807) is 82.3 Å². The molecule has 0 radical (unpaired) electrons. The highest BCUT2D eigenvalue weighted by Gasteiger charge is 2.17. The molecule has 0 saturated carbocycles. The molecule has 0 aliphatic carbocycles. The number of amides is 1. The summed E-state index contributed by atoms with van der Waals surface area (Å²) in [7, 11) is 4.83. The van der Waals surface area contributed by atoms with Gasteiger partial charge < -0.3 is 25.8 Å². The molecule has 4 aromatic rings. The summed E-state index contributed by atoms with van der Waals surface area (Å²) in [5.41, 5.74) is 7.91. The molecule has 216 valence electrons. The number of nitrogens with zero attached hydrogens (tertiary/aromatic N) is 4. The number of ether oxygens (including phenoxy) is 2. The van der Waals surface area contributed by atoms with Crippen LogP contribution in [0.2, 0.25) is 0 Å². The van der Waals surface area contributed by atoms with E-state index in [2.05, 4.69) is 20.6 Å². The van der Waals surface area contributed by atoms with E-state index in [0.29, 0.717) is 58.3 Å². The lowest BCUT2D eigenvalue weighted by Crippen LogP contribution is -2.30. The molecule has 42 heavy (non-hydrogen) atoms. The van der Waals surface area contributed by atoms with Gasteiger partial charge in [0.15, 0.2) is 0 Å². The molecule has 0 fully saturated rings. The van der Waals surface area contributed by atoms with Gasteiger partial charge in [-0.25, -0.2) is 4.98 Å². The van der Waals surface area contributed by atoms with E-state index in [-0.39, 0.29) is 11.1 Å². The van der Waals surface area contributed by atoms with Crippen LogP contribution >= 0.6 is 0 Å². The number of methoxy groups -OCH3 is 2. The Labute approximate surface area is 243 Å². The van der Waals surface area contributed by atoms with Crippen LogP contribution in [0, 0.1) is 11.3 Å². The molecular formula is C31H33N7O4. The average Bonchev–Trinajstić information content (AvgIpc) is 2.98. The lowest BCUT2D eigenvalue weighted by molar-refractivity contribution is -0.112. The topological polar surface area (TPSA) is 157 Å². The van der Waals surface area contributed by atoms with Gasteiger partial charge in [0.05, 0.1) is 14.2 Å². The SMILES string of the molecule is CNc1ncc2cc(-c3cc(OC)cc(OC)c3)c(=O)n(CCc3ccc(NC(=O)C(C#N)=CC(C)(C)N)cc3)c2n1. The molecule has 1 amide bonds. The van der Waals surface area contributed by atoms with E-state index in [1.807, 2.05) is 18.2 Å². The first-order valence-corrected chi connectivity index (χ1v) is 13.2. The number of hydrogen-bond acceptors (Lipinski definition) is 9. The number of nitrogens with two attached hydrogens (primary N) is 1. The van der Waals surface area contributed by atoms with Crippen molar-refractivity contribution in [1.29, 1.82) is 5.26 Å². The van der Waals surface area contributed by atoms with Crippen LogP contribution in [0.15, 0.2) is 71.2 Å². The van der Waals surface area contributed by atoms with Crippen LogP contribution in [0.5, 0.6) is 11.5 Å². The Morgan fingerprint density at radius 3 is 2.36 bits per heavy atom. The summed E-state index contributed by atoms with van der Waals surface area (Å²) in [4.78, 5) is 35.3. The van der Waals surface area contributed by atoms with Gasteiger partial charge in [0, 0.05) is 48.0 Å². The second-order valence-electron chi connectivity index (χ2n) is 10.2. The standard InChI is InChI=1S/C31H33N7O4/c1-31(2,33)16-22(17-32)28(39)36-23-8-6-19(7-9-23)10-11-38-27-21(18-35-30(34-3)37-27)14-26(29(38)40)20-12-24(41-4)15-25(13-20)42-5/h6-9,12-16,18H,10-11,33H2,1-5H3,(H,36,39)(H,34,35,37). The van der Waals surface area contributed by atoms with Crippen molar-refractivity contribution in [3.63, 3.8) is 0 Å². The second kappa shape index (κ2) is 12.5. The second-order valence-corrected chi connectivity index (χ2v) is 10.2. The van der Waals surface area contributed by atoms with Crippen molar-refractivity contribution in [2.75, 3.05) is 31.9 Å². The number of aromatic nitrogens is 3. The molecule has 4 N–H and O–H groups in total. The fourth-order valence-corrected chi connectivity index (χ4v) is 4.37. The van der Waals surface area contributed by atoms with Gasteiger partial charge in [-0.3, -0.25) is 14.2 Å². The molecule has 4 rings (SSSR count). The minimum absolute atomic E-state index is 0.0608. The average molecular weight is 568 g/mol. The summed E-state index contributed by atoms with van der Waals surface area (Å²) >= 11 is 0. The van der Waals surface area contributed by atoms with Gasteiger partial charge in [-0.05, 0) is 67.8 Å². The van der Waals surface area contributed by atoms with Crippen molar-refractivity contribution < 1.29 is 14.3 Å². The van der Waals surface area contributed by atoms with E-state index in [0.717, 1.165) is 5.56 Å². The number of nitrogens with one attached hydrogen (secondary N) is 2. The molecule has 11 nitrogen and oxygen atoms in total. The highest BCUT2D eigenvalue weighted by molar-refractivity contribution is 6.06. The van der Waals surface area contributed by atoms with Crippen LogP contribution in [0.25, 0.3) is 22.2 Å². The zero-order valence-corrected chi connectivity index (χ0v) is 24.2. The predicted octanol–water partition coefficient (Wildman–Crippen LogP) is 3.89. The van der Waals surface area contributed by atoms with Gasteiger partial charge in [0.25, 0.3) is 11.5 Å². The molecule has 0 atom stereocenters. The van der Waals surface area contributed by atoms with E-state index in [9.17, 15) is 14.9 Å². The zero-order chi connectivity index (χ0) is 30.4. The Morgan fingerprint density at radius 2 is 1.79 bits per heavy atom. The molecule has 2 aromatic heterocycles. The molecule has 2 heterocycles. The maximum Gasteiger partial charge on any atom is 0.266 e. The third-order valence-corrected chi connectivity index (χ3v) is 6.43. The summed E-state index contributed by atoms with van der Waals surface area (Å²) in [5, 5.41) is 15.7. The molecule has 0 unspecified atom stereocenters. The number of nitriles is 1. The van der Waals surface area contributed by atoms with Crippen molar-refractivity contribution in [2.24, 2.45) is 5.73 Å². The Hall–Kier alpha value is -5.21. The van der Waals surface area contributed by atoms with Crippen molar-refractivity contribution in [2.45, 2.75) is 32.4 Å². The number of carbonyl (C=O) groups is 1. The van der Waals surface area contributed by atoms with Gasteiger partial charge in [0.1, 0.15) is 28.8 Å². The molecular weight excluding hydrogens is 534 g/mol. The quantitative estimate of drug-likeness (QED) is 0.191. The minimum atomic E-state index is -0.802. The Kier molecular flexibility index (Phi) is 8.88. The molecule has 0 bridgehead atoms. The normalized spacial score (nSPS) is 11.6. The smallest absolute Gasteiger partial charge is 0.266 e. The maximum atomic E-state index is 13.9. The van der Waals surface area contributed by atoms with Crippen molar-refractivity contribution >= 4 is 28.6 Å². The van der Waals surface area contributed by atoms with Crippen LogP contribution in [0.4, 0.5) is 11.6 Å². The van der Waals surface area contributed by atoms with E-state index < -0.39 is 11.4 Å². The first kappa shape index (κ1) is 29.8. The fraction of sp³-hybridized carbons (Fsp3) is 0.258. The summed E-state index contributed by atoms with van der Waals surface area (Å²) in [6, 6.07) is 16.2.